The molecule has 0 aliphatic carbocycles. The number of carboxylic acid groups (broad SMARTS) is 1. The van der Waals surface area contributed by atoms with Crippen LogP contribution in [0.4, 0.5) is 22.0 Å². The molecule has 1 heterocycles. The summed E-state index contributed by atoms with van der Waals surface area (Å²) < 4.78 is 63.1. The van der Waals surface area contributed by atoms with Crippen LogP contribution < -0.4 is 5.73 Å². The third-order valence-corrected chi connectivity index (χ3v) is 2.11. The van der Waals surface area contributed by atoms with Crippen LogP contribution in [-0.2, 0) is 12.7 Å². The molecule has 0 atom stereocenters. The first-order valence-corrected chi connectivity index (χ1v) is 4.50. The Hall–Kier alpha value is -1.77. The molecule has 1 aromatic heterocycles. The van der Waals surface area contributed by atoms with Gasteiger partial charge in [-0.25, -0.2) is 13.6 Å². The van der Waals surface area contributed by atoms with Gasteiger partial charge in [0.25, 0.3) is 6.43 Å². The van der Waals surface area contributed by atoms with Gasteiger partial charge in [0, 0.05) is 12.7 Å². The summed E-state index contributed by atoms with van der Waals surface area (Å²) in [5.74, 6) is -2.12. The van der Waals surface area contributed by atoms with Gasteiger partial charge in [-0.05, 0) is 5.56 Å². The molecule has 9 heteroatoms. The Kier molecular flexibility index (Phi) is 3.85. The number of rotatable bonds is 3. The average Bonchev–Trinajstić information content (AvgIpc) is 2.25. The molecule has 0 spiro atoms. The number of carboxylic acids is 1. The van der Waals surface area contributed by atoms with Crippen molar-refractivity contribution in [1.82, 2.24) is 4.98 Å². The minimum Gasteiger partial charge on any atom is -0.478 e. The van der Waals surface area contributed by atoms with Gasteiger partial charge in [-0.1, -0.05) is 0 Å². The van der Waals surface area contributed by atoms with Crippen molar-refractivity contribution >= 4 is 5.97 Å². The maximum Gasteiger partial charge on any atom is 0.417 e. The molecule has 0 unspecified atom stereocenters. The molecule has 0 aliphatic rings. The van der Waals surface area contributed by atoms with Crippen LogP contribution in [0.15, 0.2) is 6.20 Å². The van der Waals surface area contributed by atoms with Crippen molar-refractivity contribution in [3.63, 3.8) is 0 Å². The lowest BCUT2D eigenvalue weighted by molar-refractivity contribution is -0.138. The van der Waals surface area contributed by atoms with Crippen molar-refractivity contribution in [1.29, 1.82) is 0 Å². The van der Waals surface area contributed by atoms with E-state index in [0.29, 0.717) is 6.20 Å². The third kappa shape index (κ3) is 2.55. The number of aromatic carboxylic acids is 1. The van der Waals surface area contributed by atoms with Gasteiger partial charge < -0.3 is 10.8 Å². The van der Waals surface area contributed by atoms with Crippen molar-refractivity contribution in [2.45, 2.75) is 19.1 Å². The Bertz CT molecular complexity index is 473. The van der Waals surface area contributed by atoms with Crippen LogP contribution in [0.2, 0.25) is 0 Å². The van der Waals surface area contributed by atoms with Gasteiger partial charge in [-0.15, -0.1) is 0 Å². The first-order chi connectivity index (χ1) is 8.20. The maximum absolute atomic E-state index is 12.7. The van der Waals surface area contributed by atoms with Crippen LogP contribution in [0.25, 0.3) is 0 Å². The van der Waals surface area contributed by atoms with Crippen LogP contribution >= 0.6 is 0 Å². The number of aromatic nitrogens is 1. The smallest absolute Gasteiger partial charge is 0.417 e. The zero-order valence-corrected chi connectivity index (χ0v) is 8.63. The fourth-order valence-electron chi connectivity index (χ4n) is 1.43. The number of hydrogen-bond donors (Lipinski definition) is 2. The van der Waals surface area contributed by atoms with Crippen LogP contribution in [0.5, 0.6) is 0 Å². The molecule has 3 N–H and O–H groups in total. The number of pyridine rings is 1. The molecule has 1 aromatic rings. The molecule has 0 fully saturated rings. The number of nitrogens with two attached hydrogens (primary N) is 1. The standard InChI is InChI=1S/C9H7F5N2O2/c10-7(11)6-4(8(17)18)5(9(12,13)14)3(1-15)2-16-6/h2,7H,1,15H2,(H,17,18). The van der Waals surface area contributed by atoms with E-state index in [-0.39, 0.29) is 0 Å². The summed E-state index contributed by atoms with van der Waals surface area (Å²) in [5, 5.41) is 8.66. The topological polar surface area (TPSA) is 76.2 Å². The molecule has 0 aromatic carbocycles. The molecule has 4 nitrogen and oxygen atoms in total. The van der Waals surface area contributed by atoms with Gasteiger partial charge >= 0.3 is 12.1 Å². The first kappa shape index (κ1) is 14.3. The van der Waals surface area contributed by atoms with Crippen LogP contribution in [-0.4, -0.2) is 16.1 Å². The predicted molar refractivity (Wildman–Crippen MR) is 49.0 cm³/mol. The van der Waals surface area contributed by atoms with Gasteiger partial charge in [0.15, 0.2) is 0 Å². The maximum atomic E-state index is 12.7. The largest absolute Gasteiger partial charge is 0.478 e. The van der Waals surface area contributed by atoms with E-state index < -0.39 is 47.5 Å². The van der Waals surface area contributed by atoms with Gasteiger partial charge in [0.1, 0.15) is 5.69 Å². The van der Waals surface area contributed by atoms with Crippen molar-refractivity contribution in [2.75, 3.05) is 0 Å². The highest BCUT2D eigenvalue weighted by molar-refractivity contribution is 5.91. The quantitative estimate of drug-likeness (QED) is 0.825. The molecule has 0 amide bonds. The van der Waals surface area contributed by atoms with E-state index >= 15 is 0 Å². The number of hydrogen-bond acceptors (Lipinski definition) is 3. The van der Waals surface area contributed by atoms with Gasteiger partial charge in [-0.2, -0.15) is 13.2 Å². The highest BCUT2D eigenvalue weighted by Crippen LogP contribution is 2.37. The summed E-state index contributed by atoms with van der Waals surface area (Å²) in [7, 11) is 0. The molecule has 100 valence electrons. The Balaban J connectivity index is 3.71. The zero-order valence-electron chi connectivity index (χ0n) is 8.63. The lowest BCUT2D eigenvalue weighted by Crippen LogP contribution is -2.21. The molecular weight excluding hydrogens is 263 g/mol. The normalized spacial score (nSPS) is 11.9. The number of nitrogens with zero attached hydrogens (tertiary/aromatic N) is 1. The van der Waals surface area contributed by atoms with Gasteiger partial charge in [-0.3, -0.25) is 4.98 Å². The van der Waals surface area contributed by atoms with E-state index in [9.17, 15) is 26.7 Å². The van der Waals surface area contributed by atoms with Crippen molar-refractivity contribution in [3.05, 3.63) is 28.6 Å². The summed E-state index contributed by atoms with van der Waals surface area (Å²) in [5.41, 5.74) is -0.284. The van der Waals surface area contributed by atoms with Gasteiger partial charge in [0.2, 0.25) is 0 Å². The molecule has 0 aliphatic heterocycles. The zero-order chi connectivity index (χ0) is 14.1. The van der Waals surface area contributed by atoms with Crippen LogP contribution in [0.1, 0.15) is 33.6 Å². The Morgan fingerprint density at radius 1 is 1.44 bits per heavy atom. The van der Waals surface area contributed by atoms with E-state index in [1.54, 1.807) is 0 Å². The SMILES string of the molecule is NCc1cnc(C(F)F)c(C(=O)O)c1C(F)(F)F. The second-order valence-electron chi connectivity index (χ2n) is 3.23. The number of halogens is 5. The molecule has 0 saturated heterocycles. The summed E-state index contributed by atoms with van der Waals surface area (Å²) >= 11 is 0. The second kappa shape index (κ2) is 4.84. The summed E-state index contributed by atoms with van der Waals surface area (Å²) in [6, 6.07) is 0. The van der Waals surface area contributed by atoms with E-state index in [1.807, 2.05) is 0 Å². The average molecular weight is 270 g/mol. The Morgan fingerprint density at radius 2 is 2.00 bits per heavy atom. The number of alkyl halides is 5. The van der Waals surface area contributed by atoms with Crippen LogP contribution in [0.3, 0.4) is 0 Å². The van der Waals surface area contributed by atoms with E-state index in [0.717, 1.165) is 0 Å². The highest BCUT2D eigenvalue weighted by Gasteiger charge is 2.40. The minimum absolute atomic E-state index is 0.511. The fourth-order valence-corrected chi connectivity index (χ4v) is 1.43. The molecule has 18 heavy (non-hydrogen) atoms. The summed E-state index contributed by atoms with van der Waals surface area (Å²) in [4.78, 5) is 13.8. The minimum atomic E-state index is -5.10. The molecule has 0 bridgehead atoms. The van der Waals surface area contributed by atoms with Gasteiger partial charge in [0.05, 0.1) is 11.1 Å². The molecule has 0 radical (unpaired) electrons. The molecule has 0 saturated carbocycles. The highest BCUT2D eigenvalue weighted by atomic mass is 19.4. The van der Waals surface area contributed by atoms with Crippen molar-refractivity contribution in [3.8, 4) is 0 Å². The Labute approximate surface area is 97.2 Å². The monoisotopic (exact) mass is 270 g/mol. The molecular formula is C9H7F5N2O2. The third-order valence-electron chi connectivity index (χ3n) is 2.11. The number of carbonyl (C=O) groups is 1. The van der Waals surface area contributed by atoms with E-state index in [2.05, 4.69) is 4.98 Å². The first-order valence-electron chi connectivity index (χ1n) is 4.50. The lowest BCUT2D eigenvalue weighted by atomic mass is 10.0. The van der Waals surface area contributed by atoms with Crippen LogP contribution in [0, 0.1) is 0 Å². The Morgan fingerprint density at radius 3 is 2.33 bits per heavy atom. The second-order valence-corrected chi connectivity index (χ2v) is 3.23. The molecule has 1 rings (SSSR count). The van der Waals surface area contributed by atoms with E-state index in [4.69, 9.17) is 10.8 Å². The fraction of sp³-hybridized carbons (Fsp3) is 0.333. The summed E-state index contributed by atoms with van der Waals surface area (Å²) in [6.45, 7) is -0.661. The van der Waals surface area contributed by atoms with Crippen molar-refractivity contribution in [2.24, 2.45) is 5.73 Å². The summed E-state index contributed by atoms with van der Waals surface area (Å²) in [6.07, 6.45) is -8.02. The van der Waals surface area contributed by atoms with E-state index in [1.165, 1.54) is 0 Å². The lowest BCUT2D eigenvalue weighted by Gasteiger charge is -2.16. The van der Waals surface area contributed by atoms with Crippen molar-refractivity contribution < 1.29 is 31.9 Å². The predicted octanol–water partition coefficient (Wildman–Crippen LogP) is 2.19.